The third-order valence-electron chi connectivity index (χ3n) is 5.30. The number of carbonyl (C=O) groups excluding carboxylic acids is 2. The molecule has 5 heteroatoms. The Balaban J connectivity index is 1.59. The lowest BCUT2D eigenvalue weighted by atomic mass is 9.91. The van der Waals surface area contributed by atoms with Crippen LogP contribution in [0.3, 0.4) is 0 Å². The highest BCUT2D eigenvalue weighted by atomic mass is 16.5. The molecule has 2 aromatic rings. The SMILES string of the molecule is O=C(NC[C@@H]1CCCO1)[C@H]1c2ccccc2CC(=O)N1Cc1ccccc1. The largest absolute Gasteiger partial charge is 0.376 e. The van der Waals surface area contributed by atoms with E-state index in [0.717, 1.165) is 36.1 Å². The van der Waals surface area contributed by atoms with Gasteiger partial charge in [0, 0.05) is 19.7 Å². The first-order valence-corrected chi connectivity index (χ1v) is 9.53. The van der Waals surface area contributed by atoms with Gasteiger partial charge in [-0.05, 0) is 29.5 Å². The fraction of sp³-hybridized carbons (Fsp3) is 0.364. The number of benzene rings is 2. The zero-order valence-corrected chi connectivity index (χ0v) is 15.3. The second kappa shape index (κ2) is 7.92. The van der Waals surface area contributed by atoms with E-state index >= 15 is 0 Å². The first kappa shape index (κ1) is 17.7. The summed E-state index contributed by atoms with van der Waals surface area (Å²) < 4.78 is 5.61. The summed E-state index contributed by atoms with van der Waals surface area (Å²) in [5.41, 5.74) is 2.86. The van der Waals surface area contributed by atoms with Crippen molar-refractivity contribution >= 4 is 11.8 Å². The van der Waals surface area contributed by atoms with E-state index in [0.29, 0.717) is 19.5 Å². The molecule has 0 radical (unpaired) electrons. The zero-order chi connectivity index (χ0) is 18.6. The first-order chi connectivity index (χ1) is 13.2. The molecule has 0 aliphatic carbocycles. The van der Waals surface area contributed by atoms with Crippen molar-refractivity contribution in [2.75, 3.05) is 13.2 Å². The van der Waals surface area contributed by atoms with Crippen molar-refractivity contribution in [3.63, 3.8) is 0 Å². The predicted molar refractivity (Wildman–Crippen MR) is 102 cm³/mol. The molecule has 2 atom stereocenters. The molecule has 0 saturated carbocycles. The number of rotatable bonds is 5. The van der Waals surface area contributed by atoms with Gasteiger partial charge in [-0.2, -0.15) is 0 Å². The van der Waals surface area contributed by atoms with E-state index < -0.39 is 6.04 Å². The smallest absolute Gasteiger partial charge is 0.247 e. The number of carbonyl (C=O) groups is 2. The summed E-state index contributed by atoms with van der Waals surface area (Å²) in [5.74, 6) is -0.156. The minimum atomic E-state index is -0.607. The quantitative estimate of drug-likeness (QED) is 0.887. The molecule has 2 amide bonds. The lowest BCUT2D eigenvalue weighted by molar-refractivity contribution is -0.142. The van der Waals surface area contributed by atoms with Gasteiger partial charge in [0.15, 0.2) is 0 Å². The van der Waals surface area contributed by atoms with Gasteiger partial charge < -0.3 is 15.0 Å². The third-order valence-corrected chi connectivity index (χ3v) is 5.30. The normalized spacial score (nSPS) is 21.8. The molecular formula is C22H24N2O3. The van der Waals surface area contributed by atoms with Crippen molar-refractivity contribution in [2.45, 2.75) is 38.0 Å². The monoisotopic (exact) mass is 364 g/mol. The summed E-state index contributed by atoms with van der Waals surface area (Å²) in [6.45, 7) is 1.67. The number of ether oxygens (including phenoxy) is 1. The maximum Gasteiger partial charge on any atom is 0.247 e. The van der Waals surface area contributed by atoms with Crippen LogP contribution >= 0.6 is 0 Å². The van der Waals surface area contributed by atoms with E-state index in [1.807, 2.05) is 54.6 Å². The Hall–Kier alpha value is -2.66. The molecule has 140 valence electrons. The van der Waals surface area contributed by atoms with Crippen molar-refractivity contribution in [1.82, 2.24) is 10.2 Å². The van der Waals surface area contributed by atoms with Crippen LogP contribution in [-0.2, 0) is 27.3 Å². The van der Waals surface area contributed by atoms with Crippen LogP contribution in [0.25, 0.3) is 0 Å². The molecule has 2 aliphatic heterocycles. The van der Waals surface area contributed by atoms with Gasteiger partial charge in [0.25, 0.3) is 0 Å². The van der Waals surface area contributed by atoms with E-state index in [2.05, 4.69) is 5.32 Å². The van der Waals surface area contributed by atoms with Crippen LogP contribution in [-0.4, -0.2) is 36.0 Å². The van der Waals surface area contributed by atoms with Gasteiger partial charge in [-0.1, -0.05) is 54.6 Å². The molecular weight excluding hydrogens is 340 g/mol. The first-order valence-electron chi connectivity index (χ1n) is 9.53. The molecule has 5 nitrogen and oxygen atoms in total. The summed E-state index contributed by atoms with van der Waals surface area (Å²) >= 11 is 0. The van der Waals surface area contributed by atoms with Gasteiger partial charge in [-0.3, -0.25) is 9.59 Å². The molecule has 4 rings (SSSR count). The van der Waals surface area contributed by atoms with Gasteiger partial charge in [-0.15, -0.1) is 0 Å². The Morgan fingerprint density at radius 1 is 1.11 bits per heavy atom. The average molecular weight is 364 g/mol. The van der Waals surface area contributed by atoms with Gasteiger partial charge in [0.05, 0.1) is 12.5 Å². The van der Waals surface area contributed by atoms with Crippen molar-refractivity contribution in [3.05, 3.63) is 71.3 Å². The standard InChI is InChI=1S/C22H24N2O3/c25-20-13-17-9-4-5-11-19(17)21(22(26)23-14-18-10-6-12-27-18)24(20)15-16-7-2-1-3-8-16/h1-5,7-9,11,18,21H,6,10,12-15H2,(H,23,26)/t18-,21+/m0/s1. The van der Waals surface area contributed by atoms with E-state index in [4.69, 9.17) is 4.74 Å². The zero-order valence-electron chi connectivity index (χ0n) is 15.3. The highest BCUT2D eigenvalue weighted by molar-refractivity contribution is 5.92. The minimum absolute atomic E-state index is 0.0187. The summed E-state index contributed by atoms with van der Waals surface area (Å²) in [4.78, 5) is 27.7. The van der Waals surface area contributed by atoms with Crippen molar-refractivity contribution in [2.24, 2.45) is 0 Å². The molecule has 0 spiro atoms. The number of fused-ring (bicyclic) bond motifs is 1. The molecule has 2 aromatic carbocycles. The molecule has 1 N–H and O–H groups in total. The summed E-state index contributed by atoms with van der Waals surface area (Å²) in [6, 6.07) is 16.9. The van der Waals surface area contributed by atoms with E-state index in [1.54, 1.807) is 4.90 Å². The molecule has 1 fully saturated rings. The molecule has 0 bridgehead atoms. The van der Waals surface area contributed by atoms with Crippen LogP contribution in [0.2, 0.25) is 0 Å². The Morgan fingerprint density at radius 3 is 2.67 bits per heavy atom. The second-order valence-corrected chi connectivity index (χ2v) is 7.17. The topological polar surface area (TPSA) is 58.6 Å². The summed E-state index contributed by atoms with van der Waals surface area (Å²) in [6.07, 6.45) is 2.41. The third kappa shape index (κ3) is 3.88. The van der Waals surface area contributed by atoms with E-state index in [1.165, 1.54) is 0 Å². The fourth-order valence-corrected chi connectivity index (χ4v) is 3.90. The predicted octanol–water partition coefficient (Wildman–Crippen LogP) is 2.61. The molecule has 2 aliphatic rings. The Bertz CT molecular complexity index is 815. The Kier molecular flexibility index (Phi) is 5.21. The number of hydrogen-bond acceptors (Lipinski definition) is 3. The number of nitrogens with zero attached hydrogens (tertiary/aromatic N) is 1. The van der Waals surface area contributed by atoms with Crippen molar-refractivity contribution in [3.8, 4) is 0 Å². The lowest BCUT2D eigenvalue weighted by Crippen LogP contribution is -2.48. The highest BCUT2D eigenvalue weighted by Gasteiger charge is 2.37. The van der Waals surface area contributed by atoms with Crippen LogP contribution < -0.4 is 5.32 Å². The van der Waals surface area contributed by atoms with Gasteiger partial charge in [0.1, 0.15) is 6.04 Å². The van der Waals surface area contributed by atoms with Gasteiger partial charge >= 0.3 is 0 Å². The van der Waals surface area contributed by atoms with Gasteiger partial charge in [0.2, 0.25) is 11.8 Å². The van der Waals surface area contributed by atoms with Crippen LogP contribution in [0.1, 0.15) is 35.6 Å². The second-order valence-electron chi connectivity index (χ2n) is 7.17. The Morgan fingerprint density at radius 2 is 1.89 bits per heavy atom. The van der Waals surface area contributed by atoms with Crippen LogP contribution in [0.4, 0.5) is 0 Å². The van der Waals surface area contributed by atoms with Crippen molar-refractivity contribution in [1.29, 1.82) is 0 Å². The molecule has 0 aromatic heterocycles. The number of amides is 2. The van der Waals surface area contributed by atoms with Crippen LogP contribution in [0.5, 0.6) is 0 Å². The summed E-state index contributed by atoms with van der Waals surface area (Å²) in [7, 11) is 0. The summed E-state index contributed by atoms with van der Waals surface area (Å²) in [5, 5.41) is 3.01. The fourth-order valence-electron chi connectivity index (χ4n) is 3.90. The lowest BCUT2D eigenvalue weighted by Gasteiger charge is -2.36. The highest BCUT2D eigenvalue weighted by Crippen LogP contribution is 2.32. The number of hydrogen-bond donors (Lipinski definition) is 1. The van der Waals surface area contributed by atoms with Crippen LogP contribution in [0, 0.1) is 0 Å². The van der Waals surface area contributed by atoms with Crippen LogP contribution in [0.15, 0.2) is 54.6 Å². The average Bonchev–Trinajstić information content (AvgIpc) is 3.21. The maximum absolute atomic E-state index is 13.1. The molecule has 2 heterocycles. The minimum Gasteiger partial charge on any atom is -0.376 e. The van der Waals surface area contributed by atoms with E-state index in [-0.39, 0.29) is 17.9 Å². The molecule has 0 unspecified atom stereocenters. The maximum atomic E-state index is 13.1. The molecule has 1 saturated heterocycles. The Labute approximate surface area is 159 Å². The van der Waals surface area contributed by atoms with Gasteiger partial charge in [-0.25, -0.2) is 0 Å². The molecule has 27 heavy (non-hydrogen) atoms. The van der Waals surface area contributed by atoms with Crippen molar-refractivity contribution < 1.29 is 14.3 Å². The van der Waals surface area contributed by atoms with E-state index in [9.17, 15) is 9.59 Å². The number of nitrogens with one attached hydrogen (secondary N) is 1.